The second-order valence-electron chi connectivity index (χ2n) is 3.83. The third kappa shape index (κ3) is 7.94. The van der Waals surface area contributed by atoms with Gasteiger partial charge in [0.25, 0.3) is 0 Å². The van der Waals surface area contributed by atoms with E-state index in [9.17, 15) is 4.79 Å². The molecule has 3 nitrogen and oxygen atoms in total. The molecule has 0 aliphatic heterocycles. The Labute approximate surface area is 81.1 Å². The van der Waals surface area contributed by atoms with Crippen LogP contribution in [-0.2, 0) is 9.53 Å². The Morgan fingerprint density at radius 1 is 1.38 bits per heavy atom. The topological polar surface area (TPSA) is 29.5 Å². The van der Waals surface area contributed by atoms with E-state index in [0.717, 1.165) is 13.0 Å². The van der Waals surface area contributed by atoms with Crippen LogP contribution in [-0.4, -0.2) is 44.5 Å². The summed E-state index contributed by atoms with van der Waals surface area (Å²) < 4.78 is 5.23. The number of rotatable bonds is 7. The summed E-state index contributed by atoms with van der Waals surface area (Å²) in [4.78, 5) is 13.2. The number of hydrogen-bond donors (Lipinski definition) is 0. The van der Waals surface area contributed by atoms with Crippen LogP contribution in [0, 0.1) is 5.92 Å². The SMILES string of the molecule is CC(C)C(=O)COCCCN(C)C. The van der Waals surface area contributed by atoms with Crippen LogP contribution in [0.4, 0.5) is 0 Å². The van der Waals surface area contributed by atoms with E-state index < -0.39 is 0 Å². The Balaban J connectivity index is 3.21. The summed E-state index contributed by atoms with van der Waals surface area (Å²) in [5.41, 5.74) is 0. The van der Waals surface area contributed by atoms with Crippen molar-refractivity contribution in [2.75, 3.05) is 33.9 Å². The van der Waals surface area contributed by atoms with Gasteiger partial charge >= 0.3 is 0 Å². The van der Waals surface area contributed by atoms with Gasteiger partial charge in [-0.25, -0.2) is 0 Å². The molecule has 13 heavy (non-hydrogen) atoms. The van der Waals surface area contributed by atoms with Gasteiger partial charge in [-0.05, 0) is 27.1 Å². The predicted molar refractivity (Wildman–Crippen MR) is 53.8 cm³/mol. The number of carbonyl (C=O) groups is 1. The third-order valence-electron chi connectivity index (χ3n) is 1.78. The number of ether oxygens (including phenoxy) is 1. The molecule has 0 atom stereocenters. The first-order valence-corrected chi connectivity index (χ1v) is 4.79. The minimum absolute atomic E-state index is 0.0915. The molecule has 0 saturated carbocycles. The highest BCUT2D eigenvalue weighted by Crippen LogP contribution is 1.95. The lowest BCUT2D eigenvalue weighted by molar-refractivity contribution is -0.126. The average Bonchev–Trinajstić information content (AvgIpc) is 2.02. The molecule has 0 fully saturated rings. The van der Waals surface area contributed by atoms with Crippen molar-refractivity contribution in [2.45, 2.75) is 20.3 Å². The molecule has 3 heteroatoms. The Morgan fingerprint density at radius 2 is 2.00 bits per heavy atom. The second kappa shape index (κ2) is 7.04. The lowest BCUT2D eigenvalue weighted by Gasteiger charge is -2.09. The van der Waals surface area contributed by atoms with Gasteiger partial charge in [-0.1, -0.05) is 13.8 Å². The molecule has 0 aliphatic carbocycles. The van der Waals surface area contributed by atoms with Crippen LogP contribution in [0.2, 0.25) is 0 Å². The summed E-state index contributed by atoms with van der Waals surface area (Å²) in [5.74, 6) is 0.277. The monoisotopic (exact) mass is 187 g/mol. The van der Waals surface area contributed by atoms with E-state index in [-0.39, 0.29) is 18.3 Å². The Morgan fingerprint density at radius 3 is 2.46 bits per heavy atom. The molecule has 0 aromatic rings. The molecule has 0 aliphatic rings. The summed E-state index contributed by atoms with van der Waals surface area (Å²) in [6.45, 7) is 5.74. The summed E-state index contributed by atoms with van der Waals surface area (Å²) in [5, 5.41) is 0. The third-order valence-corrected chi connectivity index (χ3v) is 1.78. The maximum Gasteiger partial charge on any atom is 0.160 e. The maximum absolute atomic E-state index is 11.1. The highest BCUT2D eigenvalue weighted by atomic mass is 16.5. The molecular formula is C10H21NO2. The molecule has 0 unspecified atom stereocenters. The van der Waals surface area contributed by atoms with Crippen molar-refractivity contribution in [3.63, 3.8) is 0 Å². The standard InChI is InChI=1S/C10H21NO2/c1-9(2)10(12)8-13-7-5-6-11(3)4/h9H,5-8H2,1-4H3. The van der Waals surface area contributed by atoms with E-state index in [1.165, 1.54) is 0 Å². The highest BCUT2D eigenvalue weighted by Gasteiger charge is 2.06. The lowest BCUT2D eigenvalue weighted by atomic mass is 10.1. The molecular weight excluding hydrogens is 166 g/mol. The number of nitrogens with zero attached hydrogens (tertiary/aromatic N) is 1. The van der Waals surface area contributed by atoms with Crippen molar-refractivity contribution in [3.8, 4) is 0 Å². The van der Waals surface area contributed by atoms with E-state index in [1.54, 1.807) is 0 Å². The first-order chi connectivity index (χ1) is 6.04. The predicted octanol–water partition coefficient (Wildman–Crippen LogP) is 1.18. The van der Waals surface area contributed by atoms with Crippen LogP contribution in [0.1, 0.15) is 20.3 Å². The van der Waals surface area contributed by atoms with Crippen molar-refractivity contribution in [1.29, 1.82) is 0 Å². The van der Waals surface area contributed by atoms with Gasteiger partial charge in [0.15, 0.2) is 5.78 Å². The second-order valence-corrected chi connectivity index (χ2v) is 3.83. The van der Waals surface area contributed by atoms with Gasteiger partial charge in [0.1, 0.15) is 6.61 Å². The summed E-state index contributed by atoms with van der Waals surface area (Å²) in [6.07, 6.45) is 0.984. The van der Waals surface area contributed by atoms with E-state index in [2.05, 4.69) is 4.90 Å². The minimum atomic E-state index is 0.0915. The van der Waals surface area contributed by atoms with Crippen molar-refractivity contribution in [2.24, 2.45) is 5.92 Å². The summed E-state index contributed by atoms with van der Waals surface area (Å²) in [7, 11) is 4.05. The van der Waals surface area contributed by atoms with Crippen molar-refractivity contribution in [3.05, 3.63) is 0 Å². The minimum Gasteiger partial charge on any atom is -0.374 e. The van der Waals surface area contributed by atoms with Crippen LogP contribution < -0.4 is 0 Å². The Kier molecular flexibility index (Phi) is 6.82. The molecule has 0 aromatic carbocycles. The lowest BCUT2D eigenvalue weighted by Crippen LogP contribution is -2.18. The zero-order chi connectivity index (χ0) is 10.3. The molecule has 0 radical (unpaired) electrons. The fraction of sp³-hybridized carbons (Fsp3) is 0.900. The number of ketones is 1. The van der Waals surface area contributed by atoms with Crippen LogP contribution in [0.5, 0.6) is 0 Å². The molecule has 0 amide bonds. The van der Waals surface area contributed by atoms with Crippen molar-refractivity contribution >= 4 is 5.78 Å². The Bertz CT molecular complexity index is 144. The smallest absolute Gasteiger partial charge is 0.160 e. The van der Waals surface area contributed by atoms with Gasteiger partial charge in [0.05, 0.1) is 0 Å². The van der Waals surface area contributed by atoms with Gasteiger partial charge < -0.3 is 9.64 Å². The van der Waals surface area contributed by atoms with Crippen LogP contribution in [0.3, 0.4) is 0 Å². The quantitative estimate of drug-likeness (QED) is 0.560. The van der Waals surface area contributed by atoms with E-state index in [4.69, 9.17) is 4.74 Å². The summed E-state index contributed by atoms with van der Waals surface area (Å²) >= 11 is 0. The zero-order valence-electron chi connectivity index (χ0n) is 9.17. The van der Waals surface area contributed by atoms with E-state index in [0.29, 0.717) is 6.61 Å². The zero-order valence-corrected chi connectivity index (χ0v) is 9.17. The van der Waals surface area contributed by atoms with E-state index >= 15 is 0 Å². The number of Topliss-reactive ketones (excluding diaryl/α,β-unsaturated/α-hetero) is 1. The van der Waals surface area contributed by atoms with Crippen LogP contribution in [0.25, 0.3) is 0 Å². The maximum atomic E-state index is 11.1. The molecule has 78 valence electrons. The normalized spacial score (nSPS) is 11.2. The molecule has 0 heterocycles. The van der Waals surface area contributed by atoms with Gasteiger partial charge in [0.2, 0.25) is 0 Å². The Hall–Kier alpha value is -0.410. The van der Waals surface area contributed by atoms with Gasteiger partial charge in [-0.3, -0.25) is 4.79 Å². The first kappa shape index (κ1) is 12.6. The van der Waals surface area contributed by atoms with E-state index in [1.807, 2.05) is 27.9 Å². The van der Waals surface area contributed by atoms with Crippen LogP contribution in [0.15, 0.2) is 0 Å². The van der Waals surface area contributed by atoms with Gasteiger partial charge in [-0.15, -0.1) is 0 Å². The molecule has 0 aromatic heterocycles. The molecule has 0 spiro atoms. The fourth-order valence-corrected chi connectivity index (χ4v) is 0.822. The molecule has 0 saturated heterocycles. The van der Waals surface area contributed by atoms with Crippen LogP contribution >= 0.6 is 0 Å². The van der Waals surface area contributed by atoms with Gasteiger partial charge in [0, 0.05) is 12.5 Å². The molecule has 0 bridgehead atoms. The fourth-order valence-electron chi connectivity index (χ4n) is 0.822. The summed E-state index contributed by atoms with van der Waals surface area (Å²) in [6, 6.07) is 0. The van der Waals surface area contributed by atoms with Crippen molar-refractivity contribution < 1.29 is 9.53 Å². The van der Waals surface area contributed by atoms with Crippen molar-refractivity contribution in [1.82, 2.24) is 4.90 Å². The number of carbonyl (C=O) groups excluding carboxylic acids is 1. The molecule has 0 N–H and O–H groups in total. The molecule has 0 rings (SSSR count). The van der Waals surface area contributed by atoms with Gasteiger partial charge in [-0.2, -0.15) is 0 Å². The largest absolute Gasteiger partial charge is 0.374 e. The first-order valence-electron chi connectivity index (χ1n) is 4.79. The number of hydrogen-bond acceptors (Lipinski definition) is 3. The average molecular weight is 187 g/mol. The highest BCUT2D eigenvalue weighted by molar-refractivity contribution is 5.81.